The fourth-order valence-electron chi connectivity index (χ4n) is 3.02. The molecule has 8 heteroatoms. The third-order valence-corrected chi connectivity index (χ3v) is 4.38. The number of ether oxygens (including phenoxy) is 1. The lowest BCUT2D eigenvalue weighted by Gasteiger charge is -2.13. The van der Waals surface area contributed by atoms with Gasteiger partial charge in [-0.15, -0.1) is 0 Å². The molecule has 0 N–H and O–H groups in total. The molecule has 0 saturated carbocycles. The number of esters is 1. The van der Waals surface area contributed by atoms with Gasteiger partial charge in [-0.25, -0.2) is 9.18 Å². The number of rotatable bonds is 5. The molecular formula is C20H17FN2O5. The van der Waals surface area contributed by atoms with Crippen LogP contribution in [0.25, 0.3) is 22.0 Å². The highest BCUT2D eigenvalue weighted by atomic mass is 19.1. The van der Waals surface area contributed by atoms with Crippen molar-refractivity contribution in [1.82, 2.24) is 4.57 Å². The zero-order valence-electron chi connectivity index (χ0n) is 15.3. The SMILES string of the molecule is CCOC(=O)c1cn(CC)c2cc(-c3ccc([N+](=O)[O-])cc3)cc(F)c2c1=O. The lowest BCUT2D eigenvalue weighted by molar-refractivity contribution is -0.384. The van der Waals surface area contributed by atoms with Crippen molar-refractivity contribution in [2.75, 3.05) is 6.61 Å². The van der Waals surface area contributed by atoms with Crippen LogP contribution in [0.1, 0.15) is 24.2 Å². The van der Waals surface area contributed by atoms with Gasteiger partial charge < -0.3 is 9.30 Å². The smallest absolute Gasteiger partial charge is 0.343 e. The monoisotopic (exact) mass is 384 g/mol. The Bertz CT molecular complexity index is 1140. The summed E-state index contributed by atoms with van der Waals surface area (Å²) in [5.41, 5.74) is 0.328. The van der Waals surface area contributed by atoms with Crippen LogP contribution in [-0.4, -0.2) is 22.1 Å². The van der Waals surface area contributed by atoms with Crippen molar-refractivity contribution in [3.63, 3.8) is 0 Å². The quantitative estimate of drug-likeness (QED) is 0.378. The summed E-state index contributed by atoms with van der Waals surface area (Å²) in [6.45, 7) is 3.92. The van der Waals surface area contributed by atoms with Crippen molar-refractivity contribution < 1.29 is 18.8 Å². The van der Waals surface area contributed by atoms with E-state index < -0.39 is 22.1 Å². The number of nitrogens with zero attached hydrogens (tertiary/aromatic N) is 2. The van der Waals surface area contributed by atoms with Gasteiger partial charge in [-0.05, 0) is 49.2 Å². The van der Waals surface area contributed by atoms with Gasteiger partial charge >= 0.3 is 5.97 Å². The van der Waals surface area contributed by atoms with Gasteiger partial charge in [0.1, 0.15) is 11.4 Å². The van der Waals surface area contributed by atoms with Crippen molar-refractivity contribution in [2.24, 2.45) is 0 Å². The van der Waals surface area contributed by atoms with Crippen molar-refractivity contribution >= 4 is 22.6 Å². The molecule has 0 bridgehead atoms. The van der Waals surface area contributed by atoms with Crippen LogP contribution in [0.5, 0.6) is 0 Å². The number of carbonyl (C=O) groups is 1. The molecule has 28 heavy (non-hydrogen) atoms. The van der Waals surface area contributed by atoms with Gasteiger partial charge in [-0.2, -0.15) is 0 Å². The summed E-state index contributed by atoms with van der Waals surface area (Å²) in [4.78, 5) is 35.0. The number of nitro benzene ring substituents is 1. The number of aromatic nitrogens is 1. The molecule has 0 aliphatic heterocycles. The Hall–Kier alpha value is -3.55. The first-order valence-electron chi connectivity index (χ1n) is 8.66. The van der Waals surface area contributed by atoms with E-state index in [1.807, 2.05) is 0 Å². The van der Waals surface area contributed by atoms with Crippen LogP contribution in [0.2, 0.25) is 0 Å². The van der Waals surface area contributed by atoms with Gasteiger partial charge in [-0.1, -0.05) is 0 Å². The molecule has 0 radical (unpaired) electrons. The first-order chi connectivity index (χ1) is 13.4. The number of fused-ring (bicyclic) bond motifs is 1. The fraction of sp³-hybridized carbons (Fsp3) is 0.200. The van der Waals surface area contributed by atoms with Crippen LogP contribution in [-0.2, 0) is 11.3 Å². The highest BCUT2D eigenvalue weighted by molar-refractivity contribution is 5.95. The second-order valence-electron chi connectivity index (χ2n) is 6.03. The number of aryl methyl sites for hydroxylation is 1. The van der Waals surface area contributed by atoms with E-state index in [0.717, 1.165) is 0 Å². The average Bonchev–Trinajstić information content (AvgIpc) is 2.68. The minimum Gasteiger partial charge on any atom is -0.462 e. The summed E-state index contributed by atoms with van der Waals surface area (Å²) in [6, 6.07) is 8.49. The molecule has 3 aromatic rings. The summed E-state index contributed by atoms with van der Waals surface area (Å²) in [7, 11) is 0. The normalized spacial score (nSPS) is 10.8. The Balaban J connectivity index is 2.23. The number of hydrogen-bond acceptors (Lipinski definition) is 5. The zero-order chi connectivity index (χ0) is 20.4. The van der Waals surface area contributed by atoms with E-state index in [2.05, 4.69) is 0 Å². The number of nitro groups is 1. The van der Waals surface area contributed by atoms with E-state index in [9.17, 15) is 24.1 Å². The van der Waals surface area contributed by atoms with Gasteiger partial charge in [0.25, 0.3) is 5.69 Å². The fourth-order valence-corrected chi connectivity index (χ4v) is 3.02. The summed E-state index contributed by atoms with van der Waals surface area (Å²) >= 11 is 0. The third kappa shape index (κ3) is 3.36. The standard InChI is InChI=1S/C20H17FN2O5/c1-3-22-11-15(20(25)28-4-2)19(24)18-16(21)9-13(10-17(18)22)12-5-7-14(8-6-12)23(26)27/h5-11H,3-4H2,1-2H3. The predicted octanol–water partition coefficient (Wildman–Crippen LogP) is 3.91. The Morgan fingerprint density at radius 3 is 2.43 bits per heavy atom. The molecule has 0 aliphatic carbocycles. The molecule has 3 rings (SSSR count). The van der Waals surface area contributed by atoms with E-state index in [4.69, 9.17) is 4.74 Å². The maximum atomic E-state index is 14.9. The second-order valence-corrected chi connectivity index (χ2v) is 6.03. The van der Waals surface area contributed by atoms with Crippen molar-refractivity contribution in [2.45, 2.75) is 20.4 Å². The largest absolute Gasteiger partial charge is 0.462 e. The van der Waals surface area contributed by atoms with Crippen LogP contribution in [0, 0.1) is 15.9 Å². The van der Waals surface area contributed by atoms with Gasteiger partial charge in [0.05, 0.1) is 22.4 Å². The van der Waals surface area contributed by atoms with Crippen LogP contribution in [0.15, 0.2) is 47.4 Å². The van der Waals surface area contributed by atoms with Gasteiger partial charge in [0.15, 0.2) is 0 Å². The van der Waals surface area contributed by atoms with Crippen molar-refractivity contribution in [3.8, 4) is 11.1 Å². The molecule has 2 aromatic carbocycles. The van der Waals surface area contributed by atoms with Gasteiger partial charge in [0, 0.05) is 24.9 Å². The van der Waals surface area contributed by atoms with Crippen LogP contribution < -0.4 is 5.43 Å². The topological polar surface area (TPSA) is 91.4 Å². The van der Waals surface area contributed by atoms with E-state index in [1.165, 1.54) is 36.5 Å². The molecule has 0 saturated heterocycles. The molecule has 0 amide bonds. The summed E-state index contributed by atoms with van der Waals surface area (Å²) in [6.07, 6.45) is 1.36. The molecular weight excluding hydrogens is 367 g/mol. The summed E-state index contributed by atoms with van der Waals surface area (Å²) < 4.78 is 21.4. The predicted molar refractivity (Wildman–Crippen MR) is 102 cm³/mol. The first-order valence-corrected chi connectivity index (χ1v) is 8.66. The maximum absolute atomic E-state index is 14.9. The second kappa shape index (κ2) is 7.59. The highest BCUT2D eigenvalue weighted by Crippen LogP contribution is 2.27. The van der Waals surface area contributed by atoms with E-state index >= 15 is 0 Å². The van der Waals surface area contributed by atoms with Crippen LogP contribution >= 0.6 is 0 Å². The molecule has 1 aromatic heterocycles. The first kappa shape index (κ1) is 19.2. The Labute approximate surface area is 159 Å². The lowest BCUT2D eigenvalue weighted by Crippen LogP contribution is -2.21. The number of hydrogen-bond donors (Lipinski definition) is 0. The van der Waals surface area contributed by atoms with Crippen molar-refractivity contribution in [3.05, 3.63) is 74.3 Å². The van der Waals surface area contributed by atoms with Gasteiger partial charge in [0.2, 0.25) is 5.43 Å². The van der Waals surface area contributed by atoms with E-state index in [1.54, 1.807) is 24.5 Å². The number of pyridine rings is 1. The molecule has 144 valence electrons. The van der Waals surface area contributed by atoms with E-state index in [-0.39, 0.29) is 23.2 Å². The van der Waals surface area contributed by atoms with E-state index in [0.29, 0.717) is 23.2 Å². The summed E-state index contributed by atoms with van der Waals surface area (Å²) in [5.74, 6) is -1.57. The molecule has 0 atom stereocenters. The molecule has 0 spiro atoms. The molecule has 0 fully saturated rings. The zero-order valence-corrected chi connectivity index (χ0v) is 15.3. The molecule has 0 aliphatic rings. The summed E-state index contributed by atoms with van der Waals surface area (Å²) in [5, 5.41) is 10.6. The Kier molecular flexibility index (Phi) is 5.21. The lowest BCUT2D eigenvalue weighted by atomic mass is 10.0. The Morgan fingerprint density at radius 1 is 1.18 bits per heavy atom. The number of halogens is 1. The third-order valence-electron chi connectivity index (χ3n) is 4.38. The highest BCUT2D eigenvalue weighted by Gasteiger charge is 2.19. The Morgan fingerprint density at radius 2 is 1.86 bits per heavy atom. The number of carbonyl (C=O) groups excluding carboxylic acids is 1. The van der Waals surface area contributed by atoms with Gasteiger partial charge in [-0.3, -0.25) is 14.9 Å². The molecule has 1 heterocycles. The minimum atomic E-state index is -0.796. The molecule has 7 nitrogen and oxygen atoms in total. The molecule has 0 unspecified atom stereocenters. The van der Waals surface area contributed by atoms with Crippen LogP contribution in [0.3, 0.4) is 0 Å². The van der Waals surface area contributed by atoms with Crippen LogP contribution in [0.4, 0.5) is 10.1 Å². The number of benzene rings is 2. The maximum Gasteiger partial charge on any atom is 0.343 e. The number of non-ortho nitro benzene ring substituents is 1. The van der Waals surface area contributed by atoms with Crippen molar-refractivity contribution in [1.29, 1.82) is 0 Å². The average molecular weight is 384 g/mol. The minimum absolute atomic E-state index is 0.0745.